The molecule has 2 saturated carbocycles. The molecular weight excluding hydrogens is 262 g/mol. The molecule has 20 heavy (non-hydrogen) atoms. The topological polar surface area (TPSA) is 46.3 Å². The van der Waals surface area contributed by atoms with E-state index >= 15 is 0 Å². The number of nitrogens with zero attached hydrogens (tertiary/aromatic N) is 1. The van der Waals surface area contributed by atoms with Gasteiger partial charge in [-0.1, -0.05) is 6.07 Å². The van der Waals surface area contributed by atoms with Gasteiger partial charge in [-0.3, -0.25) is 4.79 Å². The Morgan fingerprint density at radius 1 is 1.35 bits per heavy atom. The highest BCUT2D eigenvalue weighted by Gasteiger charge is 2.52. The van der Waals surface area contributed by atoms with E-state index < -0.39 is 17.0 Å². The molecule has 5 heteroatoms. The van der Waals surface area contributed by atoms with E-state index in [-0.39, 0.29) is 18.5 Å². The molecule has 2 fully saturated rings. The maximum absolute atomic E-state index is 13.7. The smallest absolute Gasteiger partial charge is 0.230 e. The Hall–Kier alpha value is -1.49. The third-order valence-electron chi connectivity index (χ3n) is 4.30. The number of rotatable bonds is 5. The highest BCUT2D eigenvalue weighted by Crippen LogP contribution is 2.48. The van der Waals surface area contributed by atoms with Crippen LogP contribution in [0.3, 0.4) is 0 Å². The summed E-state index contributed by atoms with van der Waals surface area (Å²) in [5.74, 6) is -1.16. The molecule has 3 nitrogen and oxygen atoms in total. The molecule has 0 heterocycles. The van der Waals surface area contributed by atoms with Gasteiger partial charge in [0.25, 0.3) is 0 Å². The van der Waals surface area contributed by atoms with Crippen molar-refractivity contribution in [1.29, 1.82) is 0 Å². The molecule has 1 aromatic carbocycles. The first-order chi connectivity index (χ1) is 9.55. The van der Waals surface area contributed by atoms with Gasteiger partial charge in [0.2, 0.25) is 5.91 Å². The zero-order chi connectivity index (χ0) is 14.3. The Labute approximate surface area is 116 Å². The van der Waals surface area contributed by atoms with Crippen molar-refractivity contribution in [2.24, 2.45) is 11.1 Å². The zero-order valence-electron chi connectivity index (χ0n) is 11.2. The Morgan fingerprint density at radius 2 is 2.05 bits per heavy atom. The molecule has 108 valence electrons. The monoisotopic (exact) mass is 280 g/mol. The first kappa shape index (κ1) is 13.5. The molecule has 3 rings (SSSR count). The van der Waals surface area contributed by atoms with E-state index in [9.17, 15) is 13.6 Å². The highest BCUT2D eigenvalue weighted by atomic mass is 19.1. The van der Waals surface area contributed by atoms with Crippen molar-refractivity contribution in [2.45, 2.75) is 38.3 Å². The maximum atomic E-state index is 13.7. The Balaban J connectivity index is 1.79. The van der Waals surface area contributed by atoms with Crippen LogP contribution in [-0.2, 0) is 11.3 Å². The zero-order valence-corrected chi connectivity index (χ0v) is 11.2. The van der Waals surface area contributed by atoms with Gasteiger partial charge >= 0.3 is 0 Å². The second kappa shape index (κ2) is 4.81. The molecule has 0 saturated heterocycles. The molecule has 0 spiro atoms. The lowest BCUT2D eigenvalue weighted by Gasteiger charge is -2.27. The number of carbonyl (C=O) groups is 1. The fourth-order valence-electron chi connectivity index (χ4n) is 2.55. The summed E-state index contributed by atoms with van der Waals surface area (Å²) in [7, 11) is 0. The van der Waals surface area contributed by atoms with Crippen LogP contribution in [0.2, 0.25) is 0 Å². The van der Waals surface area contributed by atoms with Crippen LogP contribution >= 0.6 is 0 Å². The number of nitrogens with two attached hydrogens (primary N) is 1. The number of hydrogen-bond donors (Lipinski definition) is 1. The quantitative estimate of drug-likeness (QED) is 0.898. The number of halogens is 2. The molecule has 0 aromatic heterocycles. The Bertz CT molecular complexity index is 539. The van der Waals surface area contributed by atoms with Crippen LogP contribution in [0.15, 0.2) is 18.2 Å². The highest BCUT2D eigenvalue weighted by molar-refractivity contribution is 5.86. The van der Waals surface area contributed by atoms with Gasteiger partial charge in [0.15, 0.2) is 0 Å². The van der Waals surface area contributed by atoms with Crippen LogP contribution in [0.5, 0.6) is 0 Å². The standard InChI is InChI=1S/C15H18F2N2O/c16-11-2-1-10(13(17)7-11)8-19(12-3-4-12)14(20)15(9-18)5-6-15/h1-2,7,12H,3-6,8-9,18H2. The second-order valence-corrected chi connectivity index (χ2v) is 5.88. The SMILES string of the molecule is NCC1(C(=O)N(Cc2ccc(F)cc2F)C2CC2)CC1. The lowest BCUT2D eigenvalue weighted by molar-refractivity contribution is -0.138. The molecule has 1 amide bonds. The molecule has 0 atom stereocenters. The number of hydrogen-bond acceptors (Lipinski definition) is 2. The van der Waals surface area contributed by atoms with Gasteiger partial charge in [0.05, 0.1) is 5.41 Å². The minimum atomic E-state index is -0.601. The van der Waals surface area contributed by atoms with Crippen molar-refractivity contribution in [3.05, 3.63) is 35.4 Å². The average molecular weight is 280 g/mol. The summed E-state index contributed by atoms with van der Waals surface area (Å²) in [5, 5.41) is 0. The van der Waals surface area contributed by atoms with Crippen molar-refractivity contribution in [3.63, 3.8) is 0 Å². The first-order valence-electron chi connectivity index (χ1n) is 7.01. The summed E-state index contributed by atoms with van der Waals surface area (Å²) in [6, 6.07) is 3.69. The first-order valence-corrected chi connectivity index (χ1v) is 7.01. The van der Waals surface area contributed by atoms with Gasteiger partial charge in [-0.2, -0.15) is 0 Å². The van der Waals surface area contributed by atoms with E-state index in [4.69, 9.17) is 5.73 Å². The second-order valence-electron chi connectivity index (χ2n) is 5.88. The van der Waals surface area contributed by atoms with E-state index in [1.807, 2.05) is 0 Å². The van der Waals surface area contributed by atoms with E-state index in [1.165, 1.54) is 12.1 Å². The molecule has 0 unspecified atom stereocenters. The number of amides is 1. The van der Waals surface area contributed by atoms with Crippen molar-refractivity contribution in [3.8, 4) is 0 Å². The van der Waals surface area contributed by atoms with Crippen LogP contribution in [-0.4, -0.2) is 23.4 Å². The number of carbonyl (C=O) groups excluding carboxylic acids is 1. The molecule has 0 bridgehead atoms. The predicted octanol–water partition coefficient (Wildman–Crippen LogP) is 2.19. The molecule has 2 aliphatic rings. The maximum Gasteiger partial charge on any atom is 0.230 e. The summed E-state index contributed by atoms with van der Waals surface area (Å²) >= 11 is 0. The van der Waals surface area contributed by atoms with Gasteiger partial charge in [0, 0.05) is 30.8 Å². The molecule has 0 radical (unpaired) electrons. The Kier molecular flexibility index (Phi) is 3.24. The van der Waals surface area contributed by atoms with E-state index in [0.717, 1.165) is 31.7 Å². The van der Waals surface area contributed by atoms with Gasteiger partial charge < -0.3 is 10.6 Å². The molecule has 2 aliphatic carbocycles. The normalized spacial score (nSPS) is 19.8. The predicted molar refractivity (Wildman–Crippen MR) is 70.7 cm³/mol. The van der Waals surface area contributed by atoms with Gasteiger partial charge in [-0.25, -0.2) is 8.78 Å². The summed E-state index contributed by atoms with van der Waals surface area (Å²) in [6.07, 6.45) is 3.54. The summed E-state index contributed by atoms with van der Waals surface area (Å²) < 4.78 is 26.7. The van der Waals surface area contributed by atoms with Crippen molar-refractivity contribution in [2.75, 3.05) is 6.54 Å². The summed E-state index contributed by atoms with van der Waals surface area (Å²) in [5.41, 5.74) is 5.64. The molecule has 0 aliphatic heterocycles. The minimum absolute atomic E-state index is 0.0335. The van der Waals surface area contributed by atoms with E-state index in [0.29, 0.717) is 12.1 Å². The van der Waals surface area contributed by atoms with Crippen molar-refractivity contribution >= 4 is 5.91 Å². The van der Waals surface area contributed by atoms with E-state index in [2.05, 4.69) is 0 Å². The summed E-state index contributed by atoms with van der Waals surface area (Å²) in [6.45, 7) is 0.554. The van der Waals surface area contributed by atoms with Gasteiger partial charge in [-0.05, 0) is 31.7 Å². The molecular formula is C15H18F2N2O. The van der Waals surface area contributed by atoms with Crippen LogP contribution in [0, 0.1) is 17.0 Å². The van der Waals surface area contributed by atoms with Crippen LogP contribution < -0.4 is 5.73 Å². The van der Waals surface area contributed by atoms with Gasteiger partial charge in [0.1, 0.15) is 11.6 Å². The van der Waals surface area contributed by atoms with Crippen LogP contribution in [0.1, 0.15) is 31.2 Å². The van der Waals surface area contributed by atoms with Gasteiger partial charge in [-0.15, -0.1) is 0 Å². The number of benzene rings is 1. The third kappa shape index (κ3) is 2.42. The average Bonchev–Trinajstić information content (AvgIpc) is 3.29. The van der Waals surface area contributed by atoms with Crippen LogP contribution in [0.4, 0.5) is 8.78 Å². The minimum Gasteiger partial charge on any atom is -0.335 e. The summed E-state index contributed by atoms with van der Waals surface area (Å²) in [4.78, 5) is 14.3. The third-order valence-corrected chi connectivity index (χ3v) is 4.30. The lowest BCUT2D eigenvalue weighted by atomic mass is 10.0. The fraction of sp³-hybridized carbons (Fsp3) is 0.533. The van der Waals surface area contributed by atoms with Crippen molar-refractivity contribution < 1.29 is 13.6 Å². The van der Waals surface area contributed by atoms with E-state index in [1.54, 1.807) is 4.90 Å². The largest absolute Gasteiger partial charge is 0.335 e. The molecule has 2 N–H and O–H groups in total. The molecule has 1 aromatic rings. The fourth-order valence-corrected chi connectivity index (χ4v) is 2.55. The van der Waals surface area contributed by atoms with Crippen molar-refractivity contribution in [1.82, 2.24) is 4.90 Å². The lowest BCUT2D eigenvalue weighted by Crippen LogP contribution is -2.41. The van der Waals surface area contributed by atoms with Crippen LogP contribution in [0.25, 0.3) is 0 Å². The Morgan fingerprint density at radius 3 is 2.55 bits per heavy atom.